The molecule has 0 atom stereocenters. The van der Waals surface area contributed by atoms with E-state index in [1.807, 2.05) is 6.07 Å². The van der Waals surface area contributed by atoms with E-state index in [1.165, 1.54) is 0 Å². The minimum absolute atomic E-state index is 0. The molecule has 0 aliphatic rings. The van der Waals surface area contributed by atoms with Gasteiger partial charge in [-0.2, -0.15) is 0 Å². The Morgan fingerprint density at radius 2 is 2.29 bits per heavy atom. The summed E-state index contributed by atoms with van der Waals surface area (Å²) in [5.41, 5.74) is 6.60. The summed E-state index contributed by atoms with van der Waals surface area (Å²) in [6.07, 6.45) is 1.02. The molecule has 0 saturated carbocycles. The van der Waals surface area contributed by atoms with Crippen molar-refractivity contribution in [3.8, 4) is 0 Å². The summed E-state index contributed by atoms with van der Waals surface area (Å²) in [5.74, 6) is 1.56. The third kappa shape index (κ3) is 5.90. The summed E-state index contributed by atoms with van der Waals surface area (Å²) in [5, 5.41) is 6.95. The van der Waals surface area contributed by atoms with Crippen LogP contribution in [0, 0.1) is 0 Å². The Morgan fingerprint density at radius 1 is 1.59 bits per heavy atom. The van der Waals surface area contributed by atoms with E-state index >= 15 is 0 Å². The van der Waals surface area contributed by atoms with E-state index in [4.69, 9.17) is 10.3 Å². The predicted octanol–water partition coefficient (Wildman–Crippen LogP) is 2.23. The first-order valence-electron chi connectivity index (χ1n) is 5.62. The van der Waals surface area contributed by atoms with Crippen molar-refractivity contribution in [2.75, 3.05) is 6.54 Å². The summed E-state index contributed by atoms with van der Waals surface area (Å²) >= 11 is 0. The second kappa shape index (κ2) is 8.32. The lowest BCUT2D eigenvalue weighted by Gasteiger charge is -2.01. The van der Waals surface area contributed by atoms with Gasteiger partial charge in [0.05, 0.1) is 5.69 Å². The Morgan fingerprint density at radius 3 is 2.82 bits per heavy atom. The minimum atomic E-state index is 0. The molecule has 0 amide bonds. The maximum atomic E-state index is 5.65. The third-order valence-corrected chi connectivity index (χ3v) is 2.13. The number of nitrogens with two attached hydrogens (primary N) is 1. The first-order valence-corrected chi connectivity index (χ1v) is 5.62. The van der Waals surface area contributed by atoms with E-state index in [2.05, 4.69) is 36.2 Å². The van der Waals surface area contributed by atoms with Crippen LogP contribution in [0.3, 0.4) is 0 Å². The quantitative estimate of drug-likeness (QED) is 0.484. The average molecular weight is 352 g/mol. The molecule has 98 valence electrons. The molecule has 17 heavy (non-hydrogen) atoms. The van der Waals surface area contributed by atoms with Gasteiger partial charge in [0.15, 0.2) is 11.7 Å². The van der Waals surface area contributed by atoms with Crippen LogP contribution in [0.4, 0.5) is 0 Å². The number of halogens is 1. The van der Waals surface area contributed by atoms with Gasteiger partial charge >= 0.3 is 0 Å². The Labute approximate surface area is 119 Å². The topological polar surface area (TPSA) is 76.4 Å². The fourth-order valence-electron chi connectivity index (χ4n) is 1.15. The van der Waals surface area contributed by atoms with Gasteiger partial charge in [0.1, 0.15) is 6.54 Å². The smallest absolute Gasteiger partial charge is 0.189 e. The van der Waals surface area contributed by atoms with E-state index in [1.54, 1.807) is 0 Å². The summed E-state index contributed by atoms with van der Waals surface area (Å²) in [6.45, 7) is 7.49. The molecule has 3 N–H and O–H groups in total. The standard InChI is InChI=1S/C11H20N4O.HI/c1-4-5-13-11(12)14-7-9-6-10(8(2)3)15-16-9;/h6,8H,4-5,7H2,1-3H3,(H3,12,13,14);1H. The number of rotatable bonds is 5. The van der Waals surface area contributed by atoms with Gasteiger partial charge in [-0.1, -0.05) is 25.9 Å². The lowest BCUT2D eigenvalue weighted by molar-refractivity contribution is 0.376. The maximum absolute atomic E-state index is 5.65. The highest BCUT2D eigenvalue weighted by atomic mass is 127. The molecule has 5 nitrogen and oxygen atoms in total. The van der Waals surface area contributed by atoms with Crippen LogP contribution in [0.1, 0.15) is 44.6 Å². The zero-order valence-electron chi connectivity index (χ0n) is 10.6. The first kappa shape index (κ1) is 16.2. The molecule has 0 aliphatic heterocycles. The SMILES string of the molecule is CCCNC(N)=NCc1cc(C(C)C)no1.I. The Kier molecular flexibility index (Phi) is 7.94. The van der Waals surface area contributed by atoms with Gasteiger partial charge in [-0.25, -0.2) is 4.99 Å². The number of aromatic nitrogens is 1. The minimum Gasteiger partial charge on any atom is -0.370 e. The highest BCUT2D eigenvalue weighted by Gasteiger charge is 2.06. The summed E-state index contributed by atoms with van der Waals surface area (Å²) in [4.78, 5) is 4.15. The number of guanidine groups is 1. The Hall–Kier alpha value is -0.790. The fraction of sp³-hybridized carbons (Fsp3) is 0.636. The summed E-state index contributed by atoms with van der Waals surface area (Å²) in [7, 11) is 0. The summed E-state index contributed by atoms with van der Waals surface area (Å²) < 4.78 is 5.14. The molecule has 0 radical (unpaired) electrons. The van der Waals surface area contributed by atoms with Crippen LogP contribution in [-0.2, 0) is 6.54 Å². The molecule has 6 heteroatoms. The highest BCUT2D eigenvalue weighted by Crippen LogP contribution is 2.14. The second-order valence-corrected chi connectivity index (χ2v) is 4.00. The second-order valence-electron chi connectivity index (χ2n) is 4.00. The van der Waals surface area contributed by atoms with Crippen molar-refractivity contribution in [3.05, 3.63) is 17.5 Å². The number of aliphatic imine (C=N–C) groups is 1. The summed E-state index contributed by atoms with van der Waals surface area (Å²) in [6, 6.07) is 1.92. The van der Waals surface area contributed by atoms with Crippen molar-refractivity contribution in [1.82, 2.24) is 10.5 Å². The average Bonchev–Trinajstić information content (AvgIpc) is 2.72. The molecular weight excluding hydrogens is 331 g/mol. The van der Waals surface area contributed by atoms with Crippen molar-refractivity contribution in [3.63, 3.8) is 0 Å². The monoisotopic (exact) mass is 352 g/mol. The molecule has 0 fully saturated rings. The van der Waals surface area contributed by atoms with E-state index in [-0.39, 0.29) is 24.0 Å². The molecule has 1 heterocycles. The molecule has 0 aromatic carbocycles. The number of hydrogen-bond acceptors (Lipinski definition) is 3. The molecule has 0 aliphatic carbocycles. The lowest BCUT2D eigenvalue weighted by atomic mass is 10.1. The van der Waals surface area contributed by atoms with Gasteiger partial charge in [-0.05, 0) is 12.3 Å². The maximum Gasteiger partial charge on any atom is 0.189 e. The van der Waals surface area contributed by atoms with Crippen LogP contribution < -0.4 is 11.1 Å². The van der Waals surface area contributed by atoms with Crippen LogP contribution >= 0.6 is 24.0 Å². The van der Waals surface area contributed by atoms with Crippen molar-refractivity contribution in [2.45, 2.75) is 39.7 Å². The van der Waals surface area contributed by atoms with E-state index in [0.717, 1.165) is 24.4 Å². The van der Waals surface area contributed by atoms with Gasteiger partial charge in [-0.3, -0.25) is 0 Å². The van der Waals surface area contributed by atoms with Crippen LogP contribution in [-0.4, -0.2) is 17.7 Å². The number of hydrogen-bond donors (Lipinski definition) is 2. The van der Waals surface area contributed by atoms with Gasteiger partial charge in [0.25, 0.3) is 0 Å². The van der Waals surface area contributed by atoms with Crippen LogP contribution in [0.15, 0.2) is 15.6 Å². The largest absolute Gasteiger partial charge is 0.370 e. The lowest BCUT2D eigenvalue weighted by Crippen LogP contribution is -2.32. The highest BCUT2D eigenvalue weighted by molar-refractivity contribution is 14.0. The zero-order valence-corrected chi connectivity index (χ0v) is 12.9. The molecule has 1 aromatic rings. The van der Waals surface area contributed by atoms with Crippen LogP contribution in [0.2, 0.25) is 0 Å². The molecule has 0 saturated heterocycles. The Balaban J connectivity index is 0.00000256. The molecule has 0 spiro atoms. The Bertz CT molecular complexity index is 349. The molecule has 1 aromatic heterocycles. The number of nitrogens with zero attached hydrogens (tertiary/aromatic N) is 2. The normalized spacial score (nSPS) is 11.4. The fourth-order valence-corrected chi connectivity index (χ4v) is 1.15. The van der Waals surface area contributed by atoms with Crippen molar-refractivity contribution in [2.24, 2.45) is 10.7 Å². The van der Waals surface area contributed by atoms with Gasteiger partial charge < -0.3 is 15.6 Å². The van der Waals surface area contributed by atoms with E-state index in [9.17, 15) is 0 Å². The van der Waals surface area contributed by atoms with Crippen LogP contribution in [0.5, 0.6) is 0 Å². The van der Waals surface area contributed by atoms with Gasteiger partial charge in [-0.15, -0.1) is 24.0 Å². The van der Waals surface area contributed by atoms with Crippen molar-refractivity contribution >= 4 is 29.9 Å². The zero-order chi connectivity index (χ0) is 12.0. The van der Waals surface area contributed by atoms with E-state index < -0.39 is 0 Å². The van der Waals surface area contributed by atoms with Gasteiger partial charge in [0, 0.05) is 12.6 Å². The number of nitrogens with one attached hydrogen (secondary N) is 1. The van der Waals surface area contributed by atoms with Crippen molar-refractivity contribution < 1.29 is 4.52 Å². The van der Waals surface area contributed by atoms with E-state index in [0.29, 0.717) is 18.4 Å². The predicted molar refractivity (Wildman–Crippen MR) is 79.6 cm³/mol. The van der Waals surface area contributed by atoms with Gasteiger partial charge in [0.2, 0.25) is 0 Å². The molecule has 0 bridgehead atoms. The third-order valence-electron chi connectivity index (χ3n) is 2.13. The first-order chi connectivity index (χ1) is 7.63. The molecule has 0 unspecified atom stereocenters. The molecule has 1 rings (SSSR count). The van der Waals surface area contributed by atoms with Crippen LogP contribution in [0.25, 0.3) is 0 Å². The van der Waals surface area contributed by atoms with Crippen molar-refractivity contribution in [1.29, 1.82) is 0 Å². The molecular formula is C11H21IN4O.